The Bertz CT molecular complexity index is 390. The lowest BCUT2D eigenvalue weighted by molar-refractivity contribution is 0.0696. The van der Waals surface area contributed by atoms with Gasteiger partial charge in [0.1, 0.15) is 0 Å². The van der Waals surface area contributed by atoms with Crippen molar-refractivity contribution in [3.05, 3.63) is 34.9 Å². The van der Waals surface area contributed by atoms with E-state index in [-0.39, 0.29) is 0 Å². The van der Waals surface area contributed by atoms with E-state index in [1.807, 2.05) is 12.1 Å². The lowest BCUT2D eigenvalue weighted by Crippen LogP contribution is -2.01. The fraction of sp³-hybridized carbons (Fsp3) is 0.462. The van der Waals surface area contributed by atoms with Crippen LogP contribution < -0.4 is 0 Å². The van der Waals surface area contributed by atoms with Crippen molar-refractivity contribution in [1.29, 1.82) is 0 Å². The maximum absolute atomic E-state index is 10.9. The number of carboxylic acids is 1. The molecule has 80 valence electrons. The van der Waals surface area contributed by atoms with E-state index in [4.69, 9.17) is 5.11 Å². The molecule has 2 nitrogen and oxygen atoms in total. The van der Waals surface area contributed by atoms with Crippen LogP contribution in [0.15, 0.2) is 18.2 Å². The minimum absolute atomic E-state index is 0.418. The van der Waals surface area contributed by atoms with Crippen molar-refractivity contribution in [2.45, 2.75) is 38.5 Å². The molecule has 1 aliphatic rings. The van der Waals surface area contributed by atoms with Gasteiger partial charge >= 0.3 is 5.97 Å². The number of carbonyl (C=O) groups is 1. The van der Waals surface area contributed by atoms with Crippen LogP contribution in [0.3, 0.4) is 0 Å². The first-order chi connectivity index (χ1) is 7.09. The zero-order chi connectivity index (χ0) is 11.0. The third kappa shape index (κ3) is 2.04. The summed E-state index contributed by atoms with van der Waals surface area (Å²) >= 11 is 0. The first-order valence-electron chi connectivity index (χ1n) is 5.46. The van der Waals surface area contributed by atoms with E-state index in [0.29, 0.717) is 17.4 Å². The van der Waals surface area contributed by atoms with Gasteiger partial charge in [0, 0.05) is 0 Å². The van der Waals surface area contributed by atoms with Crippen LogP contribution in [-0.2, 0) is 0 Å². The van der Waals surface area contributed by atoms with Gasteiger partial charge in [0.2, 0.25) is 0 Å². The third-order valence-electron chi connectivity index (χ3n) is 2.97. The molecule has 0 radical (unpaired) electrons. The molecule has 1 fully saturated rings. The van der Waals surface area contributed by atoms with Gasteiger partial charge in [-0.05, 0) is 47.9 Å². The molecule has 0 aliphatic heterocycles. The van der Waals surface area contributed by atoms with Crippen LogP contribution in [0.25, 0.3) is 0 Å². The molecule has 1 aromatic rings. The normalized spacial score (nSPS) is 15.7. The summed E-state index contributed by atoms with van der Waals surface area (Å²) in [6.07, 6.45) is 2.42. The standard InChI is InChI=1S/C13H16O2/c1-8(2)11-6-5-10(13(14)15)7-12(11)9-3-4-9/h5-9H,3-4H2,1-2H3,(H,14,15). The van der Waals surface area contributed by atoms with Gasteiger partial charge in [0.15, 0.2) is 0 Å². The minimum atomic E-state index is -0.827. The molecule has 0 atom stereocenters. The second kappa shape index (κ2) is 3.69. The predicted molar refractivity (Wildman–Crippen MR) is 59.5 cm³/mol. The summed E-state index contributed by atoms with van der Waals surface area (Å²) in [5, 5.41) is 8.94. The summed E-state index contributed by atoms with van der Waals surface area (Å²) < 4.78 is 0. The second-order valence-electron chi connectivity index (χ2n) is 4.58. The molecule has 0 heterocycles. The maximum Gasteiger partial charge on any atom is 0.335 e. The molecule has 1 N–H and O–H groups in total. The average Bonchev–Trinajstić information content (AvgIpc) is 2.99. The highest BCUT2D eigenvalue weighted by atomic mass is 16.4. The summed E-state index contributed by atoms with van der Waals surface area (Å²) in [5.74, 6) is 0.261. The number of hydrogen-bond acceptors (Lipinski definition) is 1. The van der Waals surface area contributed by atoms with Gasteiger partial charge in [0.25, 0.3) is 0 Å². The lowest BCUT2D eigenvalue weighted by Gasteiger charge is -2.12. The van der Waals surface area contributed by atoms with E-state index >= 15 is 0 Å². The van der Waals surface area contributed by atoms with Crippen LogP contribution >= 0.6 is 0 Å². The molecular weight excluding hydrogens is 188 g/mol. The van der Waals surface area contributed by atoms with Gasteiger partial charge in [-0.2, -0.15) is 0 Å². The molecule has 0 spiro atoms. The van der Waals surface area contributed by atoms with Crippen LogP contribution in [0, 0.1) is 0 Å². The van der Waals surface area contributed by atoms with Gasteiger partial charge in [-0.1, -0.05) is 19.9 Å². The van der Waals surface area contributed by atoms with E-state index in [1.54, 1.807) is 6.07 Å². The summed E-state index contributed by atoms with van der Waals surface area (Å²) in [6, 6.07) is 5.54. The molecule has 2 heteroatoms. The fourth-order valence-electron chi connectivity index (χ4n) is 1.98. The zero-order valence-corrected chi connectivity index (χ0v) is 9.16. The average molecular weight is 204 g/mol. The van der Waals surface area contributed by atoms with E-state index in [2.05, 4.69) is 13.8 Å². The summed E-state index contributed by atoms with van der Waals surface area (Å²) in [5.41, 5.74) is 2.98. The molecular formula is C13H16O2. The Labute approximate surface area is 89.9 Å². The van der Waals surface area contributed by atoms with Crippen molar-refractivity contribution in [3.8, 4) is 0 Å². The topological polar surface area (TPSA) is 37.3 Å². The molecule has 0 bridgehead atoms. The Balaban J connectivity index is 2.44. The van der Waals surface area contributed by atoms with E-state index < -0.39 is 5.97 Å². The molecule has 2 rings (SSSR count). The Hall–Kier alpha value is -1.31. The lowest BCUT2D eigenvalue weighted by atomic mass is 9.93. The summed E-state index contributed by atoms with van der Waals surface area (Å²) in [4.78, 5) is 10.9. The number of hydrogen-bond donors (Lipinski definition) is 1. The first-order valence-corrected chi connectivity index (χ1v) is 5.46. The van der Waals surface area contributed by atoms with Crippen LogP contribution in [-0.4, -0.2) is 11.1 Å². The third-order valence-corrected chi connectivity index (χ3v) is 2.97. The van der Waals surface area contributed by atoms with Gasteiger partial charge < -0.3 is 5.11 Å². The second-order valence-corrected chi connectivity index (χ2v) is 4.58. The summed E-state index contributed by atoms with van der Waals surface area (Å²) in [7, 11) is 0. The van der Waals surface area contributed by atoms with Gasteiger partial charge in [0.05, 0.1) is 5.56 Å². The van der Waals surface area contributed by atoms with Crippen molar-refractivity contribution < 1.29 is 9.90 Å². The molecule has 1 aliphatic carbocycles. The number of rotatable bonds is 3. The van der Waals surface area contributed by atoms with Gasteiger partial charge in [-0.15, -0.1) is 0 Å². The highest BCUT2D eigenvalue weighted by Gasteiger charge is 2.27. The van der Waals surface area contributed by atoms with Crippen molar-refractivity contribution in [1.82, 2.24) is 0 Å². The van der Waals surface area contributed by atoms with Crippen LogP contribution in [0.1, 0.15) is 60.0 Å². The Morgan fingerprint density at radius 2 is 2.07 bits per heavy atom. The number of aromatic carboxylic acids is 1. The highest BCUT2D eigenvalue weighted by molar-refractivity contribution is 5.88. The van der Waals surface area contributed by atoms with Crippen molar-refractivity contribution in [2.24, 2.45) is 0 Å². The first kappa shape index (κ1) is 10.2. The smallest absolute Gasteiger partial charge is 0.335 e. The Kier molecular flexibility index (Phi) is 2.51. The van der Waals surface area contributed by atoms with Gasteiger partial charge in [-0.3, -0.25) is 0 Å². The number of benzene rings is 1. The SMILES string of the molecule is CC(C)c1ccc(C(=O)O)cc1C1CC1. The Morgan fingerprint density at radius 1 is 1.40 bits per heavy atom. The van der Waals surface area contributed by atoms with E-state index in [0.717, 1.165) is 0 Å². The molecule has 1 saturated carbocycles. The summed E-state index contributed by atoms with van der Waals surface area (Å²) in [6.45, 7) is 4.31. The van der Waals surface area contributed by atoms with Crippen molar-refractivity contribution in [3.63, 3.8) is 0 Å². The molecule has 0 aromatic heterocycles. The van der Waals surface area contributed by atoms with E-state index in [9.17, 15) is 4.79 Å². The van der Waals surface area contributed by atoms with E-state index in [1.165, 1.54) is 24.0 Å². The Morgan fingerprint density at radius 3 is 2.53 bits per heavy atom. The molecule has 0 amide bonds. The fourth-order valence-corrected chi connectivity index (χ4v) is 1.98. The maximum atomic E-state index is 10.9. The molecule has 1 aromatic carbocycles. The zero-order valence-electron chi connectivity index (χ0n) is 9.16. The molecule has 15 heavy (non-hydrogen) atoms. The highest BCUT2D eigenvalue weighted by Crippen LogP contribution is 2.43. The van der Waals surface area contributed by atoms with Crippen LogP contribution in [0.2, 0.25) is 0 Å². The number of carboxylic acid groups (broad SMARTS) is 1. The van der Waals surface area contributed by atoms with Gasteiger partial charge in [-0.25, -0.2) is 4.79 Å². The largest absolute Gasteiger partial charge is 0.478 e. The monoisotopic (exact) mass is 204 g/mol. The predicted octanol–water partition coefficient (Wildman–Crippen LogP) is 3.39. The minimum Gasteiger partial charge on any atom is -0.478 e. The van der Waals surface area contributed by atoms with Crippen LogP contribution in [0.5, 0.6) is 0 Å². The molecule has 0 saturated heterocycles. The molecule has 0 unspecified atom stereocenters. The van der Waals surface area contributed by atoms with Crippen LogP contribution in [0.4, 0.5) is 0 Å². The van der Waals surface area contributed by atoms with Crippen molar-refractivity contribution in [2.75, 3.05) is 0 Å². The van der Waals surface area contributed by atoms with Crippen molar-refractivity contribution >= 4 is 5.97 Å². The quantitative estimate of drug-likeness (QED) is 0.819.